The maximum absolute atomic E-state index is 11.5. The van der Waals surface area contributed by atoms with Crippen molar-refractivity contribution in [3.63, 3.8) is 0 Å². The number of unbranched alkanes of at least 4 members (excludes halogenated alkanes) is 1. The molecular formula is C21H22ClNO6. The molecule has 0 heterocycles. The highest BCUT2D eigenvalue weighted by Crippen LogP contribution is 2.35. The van der Waals surface area contributed by atoms with Gasteiger partial charge in [0.2, 0.25) is 6.29 Å². The number of nitrogens with one attached hydrogen (secondary N) is 1. The molecule has 0 radical (unpaired) electrons. The summed E-state index contributed by atoms with van der Waals surface area (Å²) in [5.74, 6) is -0.670. The van der Waals surface area contributed by atoms with Crippen molar-refractivity contribution in [2.75, 3.05) is 19.0 Å². The molecule has 2 aromatic rings. The fourth-order valence-electron chi connectivity index (χ4n) is 2.75. The third kappa shape index (κ3) is 6.80. The predicted octanol–water partition coefficient (Wildman–Crippen LogP) is 3.71. The van der Waals surface area contributed by atoms with Crippen LogP contribution in [0.3, 0.4) is 0 Å². The minimum absolute atomic E-state index is 0.0483. The van der Waals surface area contributed by atoms with Gasteiger partial charge in [-0.3, -0.25) is 14.4 Å². The summed E-state index contributed by atoms with van der Waals surface area (Å²) >= 11 is 6.34. The minimum atomic E-state index is -0.870. The zero-order valence-corrected chi connectivity index (χ0v) is 16.7. The smallest absolute Gasteiger partial charge is 0.303 e. The summed E-state index contributed by atoms with van der Waals surface area (Å²) in [5.41, 5.74) is 1.97. The molecule has 0 fully saturated rings. The number of ether oxygens (including phenoxy) is 2. The first kappa shape index (κ1) is 22.2. The monoisotopic (exact) mass is 419 g/mol. The number of aliphatic carboxylic acids is 1. The first-order chi connectivity index (χ1) is 13.9. The van der Waals surface area contributed by atoms with E-state index >= 15 is 0 Å². The average molecular weight is 420 g/mol. The zero-order chi connectivity index (χ0) is 21.2. The van der Waals surface area contributed by atoms with Gasteiger partial charge in [-0.05, 0) is 42.2 Å². The van der Waals surface area contributed by atoms with Crippen LogP contribution in [0.4, 0.5) is 5.69 Å². The molecule has 0 bridgehead atoms. The Morgan fingerprint density at radius 3 is 2.62 bits per heavy atom. The van der Waals surface area contributed by atoms with Crippen molar-refractivity contribution in [2.24, 2.45) is 0 Å². The summed E-state index contributed by atoms with van der Waals surface area (Å²) in [6.07, 6.45) is 1.69. The van der Waals surface area contributed by atoms with Crippen LogP contribution in [0.1, 0.15) is 30.4 Å². The van der Waals surface area contributed by atoms with Crippen molar-refractivity contribution >= 4 is 35.5 Å². The number of methoxy groups -OCH3 is 1. The van der Waals surface area contributed by atoms with E-state index in [0.717, 1.165) is 16.9 Å². The van der Waals surface area contributed by atoms with E-state index in [-0.39, 0.29) is 30.0 Å². The van der Waals surface area contributed by atoms with E-state index in [9.17, 15) is 14.4 Å². The van der Waals surface area contributed by atoms with Gasteiger partial charge >= 0.3 is 5.97 Å². The van der Waals surface area contributed by atoms with E-state index < -0.39 is 11.9 Å². The van der Waals surface area contributed by atoms with Crippen molar-refractivity contribution in [2.45, 2.75) is 25.7 Å². The van der Waals surface area contributed by atoms with Crippen LogP contribution >= 0.6 is 11.6 Å². The van der Waals surface area contributed by atoms with Crippen LogP contribution in [0.2, 0.25) is 5.02 Å². The Morgan fingerprint density at radius 2 is 1.93 bits per heavy atom. The predicted molar refractivity (Wildman–Crippen MR) is 109 cm³/mol. The lowest BCUT2D eigenvalue weighted by Gasteiger charge is -2.16. The van der Waals surface area contributed by atoms with Gasteiger partial charge in [0.1, 0.15) is 17.2 Å². The number of carboxylic acids is 1. The number of hydrogen-bond donors (Lipinski definition) is 2. The van der Waals surface area contributed by atoms with E-state index in [1.165, 1.54) is 0 Å². The maximum atomic E-state index is 11.5. The molecule has 29 heavy (non-hydrogen) atoms. The van der Waals surface area contributed by atoms with Gasteiger partial charge in [0, 0.05) is 12.8 Å². The number of carbonyl (C=O) groups excluding carboxylic acids is 2. The second kappa shape index (κ2) is 11.1. The Labute approximate surface area is 173 Å². The molecule has 154 valence electrons. The van der Waals surface area contributed by atoms with Crippen LogP contribution in [0, 0.1) is 0 Å². The summed E-state index contributed by atoms with van der Waals surface area (Å²) in [7, 11) is 1.59. The van der Waals surface area contributed by atoms with E-state index in [1.54, 1.807) is 19.2 Å². The standard InChI is InChI=1S/C21H22ClNO6/c1-28-17-7-3-2-6-15(17)10-14-11-16(22)21(23-19(25)13-24)18(12-14)29-9-5-4-8-20(26)27/h2-3,6-7,11-13H,4-5,8-10H2,1H3,(H,23,25)(H,26,27). The van der Waals surface area contributed by atoms with Gasteiger partial charge in [-0.15, -0.1) is 0 Å². The minimum Gasteiger partial charge on any atom is -0.496 e. The third-order valence-electron chi connectivity index (χ3n) is 4.10. The maximum Gasteiger partial charge on any atom is 0.303 e. The van der Waals surface area contributed by atoms with Gasteiger partial charge in [0.15, 0.2) is 0 Å². The molecule has 0 aromatic heterocycles. The topological polar surface area (TPSA) is 102 Å². The number of para-hydroxylation sites is 1. The highest BCUT2D eigenvalue weighted by Gasteiger charge is 2.15. The largest absolute Gasteiger partial charge is 0.496 e. The van der Waals surface area contributed by atoms with E-state index in [2.05, 4.69) is 5.32 Å². The number of rotatable bonds is 11. The van der Waals surface area contributed by atoms with Gasteiger partial charge in [0.25, 0.3) is 5.91 Å². The fourth-order valence-corrected chi connectivity index (χ4v) is 3.03. The average Bonchev–Trinajstić information content (AvgIpc) is 2.70. The quantitative estimate of drug-likeness (QED) is 0.327. The molecule has 2 rings (SSSR count). The Balaban J connectivity index is 2.24. The normalized spacial score (nSPS) is 10.3. The lowest BCUT2D eigenvalue weighted by atomic mass is 10.0. The van der Waals surface area contributed by atoms with Crippen molar-refractivity contribution in [3.05, 3.63) is 52.5 Å². The van der Waals surface area contributed by atoms with Crippen LogP contribution in [0.25, 0.3) is 0 Å². The molecule has 0 aliphatic heterocycles. The number of carboxylic acid groups (broad SMARTS) is 1. The van der Waals surface area contributed by atoms with Crippen LogP contribution in [-0.4, -0.2) is 37.0 Å². The summed E-state index contributed by atoms with van der Waals surface area (Å²) in [6.45, 7) is 0.242. The van der Waals surface area contributed by atoms with Crippen molar-refractivity contribution in [3.8, 4) is 11.5 Å². The molecule has 0 saturated carbocycles. The van der Waals surface area contributed by atoms with Crippen molar-refractivity contribution < 1.29 is 29.0 Å². The van der Waals surface area contributed by atoms with Crippen LogP contribution in [0.5, 0.6) is 11.5 Å². The molecular weight excluding hydrogens is 398 g/mol. The van der Waals surface area contributed by atoms with Crippen molar-refractivity contribution in [1.82, 2.24) is 0 Å². The summed E-state index contributed by atoms with van der Waals surface area (Å²) in [6, 6.07) is 11.0. The van der Waals surface area contributed by atoms with Gasteiger partial charge in [-0.25, -0.2) is 0 Å². The highest BCUT2D eigenvalue weighted by molar-refractivity contribution is 6.36. The lowest BCUT2D eigenvalue weighted by Crippen LogP contribution is -2.14. The highest BCUT2D eigenvalue weighted by atomic mass is 35.5. The molecule has 0 saturated heterocycles. The van der Waals surface area contributed by atoms with Gasteiger partial charge in [-0.1, -0.05) is 29.8 Å². The first-order valence-electron chi connectivity index (χ1n) is 8.99. The summed E-state index contributed by atoms with van der Waals surface area (Å²) in [4.78, 5) is 32.8. The number of hydrogen-bond acceptors (Lipinski definition) is 5. The number of amides is 1. The molecule has 0 atom stereocenters. The Morgan fingerprint density at radius 1 is 1.17 bits per heavy atom. The lowest BCUT2D eigenvalue weighted by molar-refractivity contribution is -0.137. The van der Waals surface area contributed by atoms with Gasteiger partial charge < -0.3 is 19.9 Å². The summed E-state index contributed by atoms with van der Waals surface area (Å²) < 4.78 is 11.1. The summed E-state index contributed by atoms with van der Waals surface area (Å²) in [5, 5.41) is 11.4. The molecule has 8 heteroatoms. The number of aldehydes is 1. The van der Waals surface area contributed by atoms with Crippen molar-refractivity contribution in [1.29, 1.82) is 0 Å². The molecule has 0 aliphatic carbocycles. The van der Waals surface area contributed by atoms with Gasteiger partial charge in [-0.2, -0.15) is 0 Å². The molecule has 0 spiro atoms. The number of anilines is 1. The molecule has 1 amide bonds. The van der Waals surface area contributed by atoms with Crippen LogP contribution in [-0.2, 0) is 20.8 Å². The first-order valence-corrected chi connectivity index (χ1v) is 9.37. The Hall–Kier alpha value is -3.06. The van der Waals surface area contributed by atoms with Gasteiger partial charge in [0.05, 0.1) is 18.7 Å². The van der Waals surface area contributed by atoms with Crippen LogP contribution in [0.15, 0.2) is 36.4 Å². The third-order valence-corrected chi connectivity index (χ3v) is 4.40. The molecule has 0 unspecified atom stereocenters. The number of benzene rings is 2. The number of carbonyl (C=O) groups is 3. The van der Waals surface area contributed by atoms with Crippen LogP contribution < -0.4 is 14.8 Å². The molecule has 2 aromatic carbocycles. The Kier molecular flexibility index (Phi) is 8.48. The SMILES string of the molecule is COc1ccccc1Cc1cc(Cl)c(NC(=O)C=O)c(OCCCCC(=O)O)c1. The van der Waals surface area contributed by atoms with E-state index in [0.29, 0.717) is 25.0 Å². The second-order valence-electron chi connectivity index (χ2n) is 6.25. The zero-order valence-electron chi connectivity index (χ0n) is 15.9. The fraction of sp³-hybridized carbons (Fsp3) is 0.286. The molecule has 7 nitrogen and oxygen atoms in total. The van der Waals surface area contributed by atoms with E-state index in [4.69, 9.17) is 26.2 Å². The van der Waals surface area contributed by atoms with E-state index in [1.807, 2.05) is 24.3 Å². The molecule has 0 aliphatic rings. The molecule has 2 N–H and O–H groups in total. The Bertz CT molecular complexity index is 883. The number of halogens is 1. The second-order valence-corrected chi connectivity index (χ2v) is 6.65.